The fourth-order valence-corrected chi connectivity index (χ4v) is 4.57. The Kier molecular flexibility index (Phi) is 7.41. The third-order valence-electron chi connectivity index (χ3n) is 5.07. The molecule has 0 fully saturated rings. The third-order valence-corrected chi connectivity index (χ3v) is 6.86. The van der Waals surface area contributed by atoms with Crippen LogP contribution in [0.1, 0.15) is 24.2 Å². The predicted molar refractivity (Wildman–Crippen MR) is 123 cm³/mol. The number of sulfone groups is 1. The topological polar surface area (TPSA) is 110 Å². The van der Waals surface area contributed by atoms with Crippen molar-refractivity contribution in [2.24, 2.45) is 0 Å². The van der Waals surface area contributed by atoms with Crippen LogP contribution in [-0.4, -0.2) is 41.6 Å². The highest BCUT2D eigenvalue weighted by Crippen LogP contribution is 2.25. The third kappa shape index (κ3) is 6.23. The van der Waals surface area contributed by atoms with Gasteiger partial charge in [-0.15, -0.1) is 0 Å². The van der Waals surface area contributed by atoms with Gasteiger partial charge in [-0.25, -0.2) is 18.4 Å². The van der Waals surface area contributed by atoms with Crippen LogP contribution in [0.3, 0.4) is 0 Å². The quantitative estimate of drug-likeness (QED) is 0.306. The summed E-state index contributed by atoms with van der Waals surface area (Å²) >= 11 is 0. The van der Waals surface area contributed by atoms with Crippen molar-refractivity contribution in [2.45, 2.75) is 35.5 Å². The predicted octanol–water partition coefficient (Wildman–Crippen LogP) is 3.99. The maximum absolute atomic E-state index is 12.9. The summed E-state index contributed by atoms with van der Waals surface area (Å²) in [7, 11) is -3.62. The van der Waals surface area contributed by atoms with Crippen molar-refractivity contribution in [2.75, 3.05) is 13.2 Å². The minimum absolute atomic E-state index is 0.221. The normalized spacial score (nSPS) is 11.4. The maximum Gasteiger partial charge on any atom is 0.206 e. The lowest BCUT2D eigenvalue weighted by Crippen LogP contribution is -2.04. The lowest BCUT2D eigenvalue weighted by atomic mass is 10.2. The van der Waals surface area contributed by atoms with E-state index in [0.29, 0.717) is 24.7 Å². The number of nitrogens with one attached hydrogen (secondary N) is 2. The number of imidazole rings is 2. The standard InChI is InChI=1S/C24H26N4O4S/c29-33(30,23-9-5-21(6-10-23)31-13-1-3-19-15-25-17-27-19)24-11-7-22(8-12-24)32-14-2-4-20-16-26-18-28-20/h5-12,15-18H,1-4,13-14H2,(H,25,27)(H,26,28). The van der Waals surface area contributed by atoms with Crippen LogP contribution in [0.4, 0.5) is 0 Å². The largest absolute Gasteiger partial charge is 0.494 e. The van der Waals surface area contributed by atoms with Gasteiger partial charge in [-0.05, 0) is 74.2 Å². The first kappa shape index (κ1) is 22.6. The second-order valence-electron chi connectivity index (χ2n) is 7.47. The van der Waals surface area contributed by atoms with Gasteiger partial charge in [0.25, 0.3) is 0 Å². The number of rotatable bonds is 12. The average molecular weight is 467 g/mol. The Hall–Kier alpha value is -3.59. The molecule has 0 saturated heterocycles. The van der Waals surface area contributed by atoms with Crippen LogP contribution in [-0.2, 0) is 22.7 Å². The first-order chi connectivity index (χ1) is 16.1. The molecule has 0 atom stereocenters. The molecule has 33 heavy (non-hydrogen) atoms. The van der Waals surface area contributed by atoms with Gasteiger partial charge >= 0.3 is 0 Å². The molecule has 9 heteroatoms. The van der Waals surface area contributed by atoms with Crippen LogP contribution < -0.4 is 9.47 Å². The molecule has 0 aliphatic carbocycles. The Bertz CT molecular complexity index is 1110. The summed E-state index contributed by atoms with van der Waals surface area (Å²) in [6, 6.07) is 13.0. The molecule has 0 aliphatic rings. The smallest absolute Gasteiger partial charge is 0.206 e. The molecule has 2 aromatic carbocycles. The number of aromatic nitrogens is 4. The van der Waals surface area contributed by atoms with Crippen LogP contribution >= 0.6 is 0 Å². The van der Waals surface area contributed by atoms with Crippen molar-refractivity contribution in [1.82, 2.24) is 19.9 Å². The van der Waals surface area contributed by atoms with Crippen LogP contribution in [0.2, 0.25) is 0 Å². The highest BCUT2D eigenvalue weighted by molar-refractivity contribution is 7.91. The van der Waals surface area contributed by atoms with E-state index in [1.54, 1.807) is 61.2 Å². The maximum atomic E-state index is 12.9. The molecule has 2 N–H and O–H groups in total. The van der Waals surface area contributed by atoms with E-state index in [0.717, 1.165) is 37.1 Å². The summed E-state index contributed by atoms with van der Waals surface area (Å²) < 4.78 is 37.3. The van der Waals surface area contributed by atoms with E-state index in [-0.39, 0.29) is 9.79 Å². The van der Waals surface area contributed by atoms with Gasteiger partial charge in [0, 0.05) is 12.4 Å². The van der Waals surface area contributed by atoms with Gasteiger partial charge in [-0.2, -0.15) is 0 Å². The Labute approximate surface area is 193 Å². The van der Waals surface area contributed by atoms with Crippen molar-refractivity contribution in [3.63, 3.8) is 0 Å². The molecule has 0 radical (unpaired) electrons. The lowest BCUT2D eigenvalue weighted by Gasteiger charge is -2.09. The van der Waals surface area contributed by atoms with Gasteiger partial charge in [-0.3, -0.25) is 0 Å². The zero-order valence-electron chi connectivity index (χ0n) is 18.1. The summed E-state index contributed by atoms with van der Waals surface area (Å²) in [5.41, 5.74) is 1.98. The van der Waals surface area contributed by atoms with E-state index in [1.807, 2.05) is 12.4 Å². The number of ether oxygens (including phenoxy) is 2. The minimum Gasteiger partial charge on any atom is -0.494 e. The van der Waals surface area contributed by atoms with Gasteiger partial charge in [0.05, 0.1) is 47.0 Å². The van der Waals surface area contributed by atoms with Crippen molar-refractivity contribution in [1.29, 1.82) is 0 Å². The second-order valence-corrected chi connectivity index (χ2v) is 9.42. The van der Waals surface area contributed by atoms with E-state index in [2.05, 4.69) is 19.9 Å². The molecule has 0 amide bonds. The van der Waals surface area contributed by atoms with Crippen LogP contribution in [0.25, 0.3) is 0 Å². The molecule has 2 heterocycles. The first-order valence-corrected chi connectivity index (χ1v) is 12.3. The fraction of sp³-hybridized carbons (Fsp3) is 0.250. The van der Waals surface area contributed by atoms with E-state index in [9.17, 15) is 8.42 Å². The Morgan fingerprint density at radius 3 is 1.45 bits per heavy atom. The summed E-state index contributed by atoms with van der Waals surface area (Å²) in [6.45, 7) is 1.06. The Balaban J connectivity index is 1.26. The Morgan fingerprint density at radius 1 is 0.667 bits per heavy atom. The van der Waals surface area contributed by atoms with Crippen LogP contribution in [0.5, 0.6) is 11.5 Å². The molecule has 8 nitrogen and oxygen atoms in total. The fourth-order valence-electron chi connectivity index (χ4n) is 3.31. The molecule has 0 bridgehead atoms. The van der Waals surface area contributed by atoms with Crippen molar-refractivity contribution in [3.05, 3.63) is 85.0 Å². The van der Waals surface area contributed by atoms with E-state index in [4.69, 9.17) is 9.47 Å². The number of hydrogen-bond donors (Lipinski definition) is 2. The molecule has 0 unspecified atom stereocenters. The summed E-state index contributed by atoms with van der Waals surface area (Å²) in [5, 5.41) is 0. The number of hydrogen-bond acceptors (Lipinski definition) is 6. The zero-order valence-corrected chi connectivity index (χ0v) is 18.9. The highest BCUT2D eigenvalue weighted by Gasteiger charge is 2.17. The van der Waals surface area contributed by atoms with E-state index in [1.165, 1.54) is 0 Å². The van der Waals surface area contributed by atoms with Gasteiger partial charge in [0.2, 0.25) is 9.84 Å². The second kappa shape index (κ2) is 10.8. The van der Waals surface area contributed by atoms with Gasteiger partial charge in [0.1, 0.15) is 11.5 Å². The molecular weight excluding hydrogens is 440 g/mol. The molecule has 0 spiro atoms. The number of H-pyrrole nitrogens is 2. The number of benzene rings is 2. The average Bonchev–Trinajstić information content (AvgIpc) is 3.55. The summed E-state index contributed by atoms with van der Waals surface area (Å²) in [6.07, 6.45) is 10.3. The first-order valence-electron chi connectivity index (χ1n) is 10.8. The molecule has 0 aliphatic heterocycles. The minimum atomic E-state index is -3.62. The van der Waals surface area contributed by atoms with Gasteiger partial charge in [-0.1, -0.05) is 0 Å². The number of nitrogens with zero attached hydrogens (tertiary/aromatic N) is 2. The van der Waals surface area contributed by atoms with Crippen LogP contribution in [0, 0.1) is 0 Å². The lowest BCUT2D eigenvalue weighted by molar-refractivity contribution is 0.310. The van der Waals surface area contributed by atoms with E-state index >= 15 is 0 Å². The zero-order chi connectivity index (χ0) is 22.9. The molecule has 4 aromatic rings. The molecule has 2 aromatic heterocycles. The summed E-state index contributed by atoms with van der Waals surface area (Å²) in [4.78, 5) is 14.6. The van der Waals surface area contributed by atoms with E-state index < -0.39 is 9.84 Å². The molecule has 172 valence electrons. The van der Waals surface area contributed by atoms with Crippen LogP contribution in [0.15, 0.2) is 83.4 Å². The Morgan fingerprint density at radius 2 is 1.09 bits per heavy atom. The number of aromatic amines is 2. The molecule has 4 rings (SSSR count). The van der Waals surface area contributed by atoms with Crippen molar-refractivity contribution < 1.29 is 17.9 Å². The molecular formula is C24H26N4O4S. The molecule has 0 saturated carbocycles. The highest BCUT2D eigenvalue weighted by atomic mass is 32.2. The SMILES string of the molecule is O=S(=O)(c1ccc(OCCCc2c[nH]cn2)cc1)c1ccc(OCCCc2c[nH]cn2)cc1. The van der Waals surface area contributed by atoms with Gasteiger partial charge < -0.3 is 19.4 Å². The number of aryl methyl sites for hydroxylation is 2. The summed E-state index contributed by atoms with van der Waals surface area (Å²) in [5.74, 6) is 1.27. The van der Waals surface area contributed by atoms with Crippen molar-refractivity contribution >= 4 is 9.84 Å². The van der Waals surface area contributed by atoms with Crippen molar-refractivity contribution in [3.8, 4) is 11.5 Å². The monoisotopic (exact) mass is 466 g/mol. The van der Waals surface area contributed by atoms with Gasteiger partial charge in [0.15, 0.2) is 0 Å².